The standard InChI is InChI=1S/C12H16N2O4S/c1-4-14(7-10(15)13(2)3)11(16)8-5-6-9(19-8)12(17)18/h5-6H,4,7H2,1-3H3,(H,17,18). The highest BCUT2D eigenvalue weighted by Crippen LogP contribution is 2.18. The third kappa shape index (κ3) is 3.78. The fourth-order valence-electron chi connectivity index (χ4n) is 1.36. The normalized spacial score (nSPS) is 10.1. The molecular formula is C12H16N2O4S. The van der Waals surface area contributed by atoms with Gasteiger partial charge >= 0.3 is 5.97 Å². The summed E-state index contributed by atoms with van der Waals surface area (Å²) >= 11 is 0.913. The Morgan fingerprint density at radius 1 is 1.21 bits per heavy atom. The number of likely N-dealkylation sites (N-methyl/N-ethyl adjacent to an activating group) is 2. The lowest BCUT2D eigenvalue weighted by Crippen LogP contribution is -2.39. The van der Waals surface area contributed by atoms with Crippen LogP contribution < -0.4 is 0 Å². The molecule has 6 nitrogen and oxygen atoms in total. The van der Waals surface area contributed by atoms with E-state index in [1.165, 1.54) is 21.9 Å². The highest BCUT2D eigenvalue weighted by atomic mass is 32.1. The zero-order valence-corrected chi connectivity index (χ0v) is 11.9. The van der Waals surface area contributed by atoms with E-state index in [0.29, 0.717) is 11.4 Å². The maximum absolute atomic E-state index is 12.1. The van der Waals surface area contributed by atoms with Crippen molar-refractivity contribution in [3.8, 4) is 0 Å². The predicted octanol–water partition coefficient (Wildman–Crippen LogP) is 0.997. The molecule has 7 heteroatoms. The Hall–Kier alpha value is -1.89. The average molecular weight is 284 g/mol. The number of hydrogen-bond acceptors (Lipinski definition) is 4. The Morgan fingerprint density at radius 2 is 1.79 bits per heavy atom. The van der Waals surface area contributed by atoms with Crippen LogP contribution in [0.25, 0.3) is 0 Å². The van der Waals surface area contributed by atoms with Crippen molar-refractivity contribution in [2.24, 2.45) is 0 Å². The fourth-order valence-corrected chi connectivity index (χ4v) is 2.17. The van der Waals surface area contributed by atoms with Gasteiger partial charge < -0.3 is 14.9 Å². The molecule has 0 spiro atoms. The summed E-state index contributed by atoms with van der Waals surface area (Å²) in [7, 11) is 3.24. The molecule has 1 aromatic rings. The Kier molecular flexibility index (Phi) is 5.05. The molecular weight excluding hydrogens is 268 g/mol. The largest absolute Gasteiger partial charge is 0.477 e. The number of amides is 2. The van der Waals surface area contributed by atoms with E-state index in [2.05, 4.69) is 0 Å². The van der Waals surface area contributed by atoms with Crippen molar-refractivity contribution in [1.82, 2.24) is 9.80 Å². The molecule has 0 aliphatic heterocycles. The number of hydrogen-bond donors (Lipinski definition) is 1. The first-order valence-corrected chi connectivity index (χ1v) is 6.51. The summed E-state index contributed by atoms with van der Waals surface area (Å²) in [6.45, 7) is 2.15. The molecule has 0 bridgehead atoms. The molecule has 0 fully saturated rings. The maximum atomic E-state index is 12.1. The van der Waals surface area contributed by atoms with Crippen LogP contribution in [0.4, 0.5) is 0 Å². The van der Waals surface area contributed by atoms with Crippen molar-refractivity contribution in [3.05, 3.63) is 21.9 Å². The Balaban J connectivity index is 2.83. The van der Waals surface area contributed by atoms with Gasteiger partial charge in [-0.1, -0.05) is 0 Å². The van der Waals surface area contributed by atoms with Crippen LogP contribution in [0, 0.1) is 0 Å². The summed E-state index contributed by atoms with van der Waals surface area (Å²) in [5, 5.41) is 8.82. The molecule has 0 radical (unpaired) electrons. The van der Waals surface area contributed by atoms with E-state index in [1.54, 1.807) is 21.0 Å². The zero-order valence-electron chi connectivity index (χ0n) is 11.0. The van der Waals surface area contributed by atoms with Gasteiger partial charge in [-0.3, -0.25) is 9.59 Å². The summed E-state index contributed by atoms with van der Waals surface area (Å²) in [6, 6.07) is 2.86. The van der Waals surface area contributed by atoms with Crippen LogP contribution in [0.3, 0.4) is 0 Å². The molecule has 104 valence electrons. The van der Waals surface area contributed by atoms with Crippen molar-refractivity contribution in [2.45, 2.75) is 6.92 Å². The molecule has 0 unspecified atom stereocenters. The van der Waals surface area contributed by atoms with Gasteiger partial charge in [0.15, 0.2) is 0 Å². The number of carboxylic acid groups (broad SMARTS) is 1. The SMILES string of the molecule is CCN(CC(=O)N(C)C)C(=O)c1ccc(C(=O)O)s1. The van der Waals surface area contributed by atoms with Gasteiger partial charge in [-0.25, -0.2) is 4.79 Å². The van der Waals surface area contributed by atoms with Crippen LogP contribution in [0.1, 0.15) is 26.3 Å². The van der Waals surface area contributed by atoms with Crippen molar-refractivity contribution >= 4 is 29.1 Å². The third-order valence-corrected chi connectivity index (χ3v) is 3.58. The molecule has 1 rings (SSSR count). The molecule has 0 aliphatic carbocycles. The number of nitrogens with zero attached hydrogens (tertiary/aromatic N) is 2. The summed E-state index contributed by atoms with van der Waals surface area (Å²) in [5.41, 5.74) is 0. The van der Waals surface area contributed by atoms with Crippen LogP contribution in [-0.2, 0) is 4.79 Å². The van der Waals surface area contributed by atoms with E-state index in [9.17, 15) is 14.4 Å². The minimum atomic E-state index is -1.06. The van der Waals surface area contributed by atoms with Gasteiger partial charge in [-0.15, -0.1) is 11.3 Å². The summed E-state index contributed by atoms with van der Waals surface area (Å²) in [4.78, 5) is 37.7. The van der Waals surface area contributed by atoms with Crippen molar-refractivity contribution in [3.63, 3.8) is 0 Å². The molecule has 0 aromatic carbocycles. The summed E-state index contributed by atoms with van der Waals surface area (Å²) < 4.78 is 0. The van der Waals surface area contributed by atoms with Gasteiger partial charge in [0, 0.05) is 20.6 Å². The molecule has 19 heavy (non-hydrogen) atoms. The number of carboxylic acids is 1. The lowest BCUT2D eigenvalue weighted by molar-refractivity contribution is -0.129. The minimum absolute atomic E-state index is 0.0113. The molecule has 0 saturated carbocycles. The smallest absolute Gasteiger partial charge is 0.345 e. The van der Waals surface area contributed by atoms with E-state index in [1.807, 2.05) is 0 Å². The van der Waals surface area contributed by atoms with Gasteiger partial charge in [0.25, 0.3) is 5.91 Å². The molecule has 1 N–H and O–H groups in total. The second-order valence-corrected chi connectivity index (χ2v) is 5.16. The Morgan fingerprint density at radius 3 is 2.21 bits per heavy atom. The highest BCUT2D eigenvalue weighted by molar-refractivity contribution is 7.15. The average Bonchev–Trinajstić information content (AvgIpc) is 2.84. The molecule has 1 aromatic heterocycles. The Labute approximate surface area is 115 Å². The fraction of sp³-hybridized carbons (Fsp3) is 0.417. The van der Waals surface area contributed by atoms with E-state index >= 15 is 0 Å². The first-order valence-electron chi connectivity index (χ1n) is 5.69. The third-order valence-electron chi connectivity index (χ3n) is 2.52. The van der Waals surface area contributed by atoms with Gasteiger partial charge in [0.1, 0.15) is 11.4 Å². The minimum Gasteiger partial charge on any atom is -0.477 e. The zero-order chi connectivity index (χ0) is 14.6. The summed E-state index contributed by atoms with van der Waals surface area (Å²) in [5.74, 6) is -1.56. The predicted molar refractivity (Wildman–Crippen MR) is 71.5 cm³/mol. The first kappa shape index (κ1) is 15.2. The van der Waals surface area contributed by atoms with E-state index < -0.39 is 5.97 Å². The van der Waals surface area contributed by atoms with E-state index in [4.69, 9.17) is 5.11 Å². The van der Waals surface area contributed by atoms with Gasteiger partial charge in [0.2, 0.25) is 5.91 Å². The molecule has 1 heterocycles. The molecule has 0 saturated heterocycles. The van der Waals surface area contributed by atoms with Crippen molar-refractivity contribution < 1.29 is 19.5 Å². The lowest BCUT2D eigenvalue weighted by Gasteiger charge is -2.21. The number of carbonyl (C=O) groups excluding carboxylic acids is 2. The van der Waals surface area contributed by atoms with Crippen molar-refractivity contribution in [1.29, 1.82) is 0 Å². The van der Waals surface area contributed by atoms with Crippen molar-refractivity contribution in [2.75, 3.05) is 27.2 Å². The number of carbonyl (C=O) groups is 3. The topological polar surface area (TPSA) is 77.9 Å². The highest BCUT2D eigenvalue weighted by Gasteiger charge is 2.20. The maximum Gasteiger partial charge on any atom is 0.345 e. The van der Waals surface area contributed by atoms with Gasteiger partial charge in [-0.05, 0) is 19.1 Å². The second-order valence-electron chi connectivity index (χ2n) is 4.08. The first-order chi connectivity index (χ1) is 8.86. The van der Waals surface area contributed by atoms with Crippen LogP contribution in [0.5, 0.6) is 0 Å². The van der Waals surface area contributed by atoms with E-state index in [-0.39, 0.29) is 23.2 Å². The molecule has 0 aliphatic rings. The number of thiophene rings is 1. The van der Waals surface area contributed by atoms with Crippen LogP contribution in [-0.4, -0.2) is 59.9 Å². The van der Waals surface area contributed by atoms with Crippen LogP contribution >= 0.6 is 11.3 Å². The van der Waals surface area contributed by atoms with Gasteiger partial charge in [-0.2, -0.15) is 0 Å². The van der Waals surface area contributed by atoms with E-state index in [0.717, 1.165) is 11.3 Å². The number of aromatic carboxylic acids is 1. The van der Waals surface area contributed by atoms with Gasteiger partial charge in [0.05, 0.1) is 4.88 Å². The Bertz CT molecular complexity index is 496. The summed E-state index contributed by atoms with van der Waals surface area (Å²) in [6.07, 6.45) is 0. The quantitative estimate of drug-likeness (QED) is 0.875. The molecule has 2 amide bonds. The monoisotopic (exact) mass is 284 g/mol. The number of rotatable bonds is 5. The van der Waals surface area contributed by atoms with Crippen LogP contribution in [0.2, 0.25) is 0 Å². The molecule has 0 atom stereocenters. The van der Waals surface area contributed by atoms with Crippen LogP contribution in [0.15, 0.2) is 12.1 Å². The lowest BCUT2D eigenvalue weighted by atomic mass is 10.3. The second kappa shape index (κ2) is 6.33.